The number of allylic oxidation sites excluding steroid dienone is 2. The van der Waals surface area contributed by atoms with Crippen LogP contribution in [0.2, 0.25) is 0 Å². The number of rotatable bonds is 10. The number of thiazole rings is 1. The molecule has 0 amide bonds. The van der Waals surface area contributed by atoms with Crippen molar-refractivity contribution in [3.63, 3.8) is 0 Å². The Hall–Kier alpha value is -2.87. The molecule has 3 aromatic rings. The molecule has 164 valence electrons. The fourth-order valence-electron chi connectivity index (χ4n) is 2.89. The molecule has 0 bridgehead atoms. The van der Waals surface area contributed by atoms with E-state index in [4.69, 9.17) is 4.74 Å². The molecule has 0 unspecified atom stereocenters. The van der Waals surface area contributed by atoms with Gasteiger partial charge < -0.3 is 10.1 Å². The molecule has 0 aliphatic carbocycles. The summed E-state index contributed by atoms with van der Waals surface area (Å²) in [6.07, 6.45) is 6.46. The van der Waals surface area contributed by atoms with Gasteiger partial charge in [0, 0.05) is 29.0 Å². The summed E-state index contributed by atoms with van der Waals surface area (Å²) in [7, 11) is 0. The average molecular weight is 448 g/mol. The molecular formula is C23H24F3N3OS. The Morgan fingerprint density at radius 2 is 2.03 bits per heavy atom. The second-order valence-electron chi connectivity index (χ2n) is 6.84. The van der Waals surface area contributed by atoms with Gasteiger partial charge >= 0.3 is 6.18 Å². The fraction of sp³-hybridized carbons (Fsp3) is 0.304. The van der Waals surface area contributed by atoms with Crippen LogP contribution in [0.15, 0.2) is 60.3 Å². The molecule has 1 aromatic carbocycles. The highest BCUT2D eigenvalue weighted by Crippen LogP contribution is 2.39. The maximum Gasteiger partial charge on any atom is 0.420 e. The van der Waals surface area contributed by atoms with E-state index in [0.29, 0.717) is 22.9 Å². The van der Waals surface area contributed by atoms with Crippen molar-refractivity contribution in [1.29, 1.82) is 0 Å². The Balaban J connectivity index is 1.66. The minimum Gasteiger partial charge on any atom is -0.493 e. The van der Waals surface area contributed by atoms with Crippen LogP contribution in [0.3, 0.4) is 0 Å². The van der Waals surface area contributed by atoms with E-state index in [-0.39, 0.29) is 12.4 Å². The topological polar surface area (TPSA) is 47.0 Å². The van der Waals surface area contributed by atoms with Gasteiger partial charge in [-0.2, -0.15) is 13.2 Å². The first-order valence-electron chi connectivity index (χ1n) is 10.1. The molecule has 31 heavy (non-hydrogen) atoms. The zero-order valence-corrected chi connectivity index (χ0v) is 18.0. The number of nitrogens with one attached hydrogen (secondary N) is 1. The monoisotopic (exact) mass is 447 g/mol. The Kier molecular flexibility index (Phi) is 8.06. The molecule has 1 N–H and O–H groups in total. The van der Waals surface area contributed by atoms with Gasteiger partial charge in [0.1, 0.15) is 5.75 Å². The number of benzene rings is 1. The number of unbranched alkanes of at least 4 members (excludes halogenated alkanes) is 2. The molecule has 0 spiro atoms. The van der Waals surface area contributed by atoms with Gasteiger partial charge in [-0.3, -0.25) is 4.98 Å². The van der Waals surface area contributed by atoms with E-state index in [1.807, 2.05) is 11.4 Å². The first-order chi connectivity index (χ1) is 15.0. The lowest BCUT2D eigenvalue weighted by Crippen LogP contribution is -2.10. The number of hydrogen-bond acceptors (Lipinski definition) is 5. The van der Waals surface area contributed by atoms with E-state index >= 15 is 0 Å². The minimum absolute atomic E-state index is 0.155. The van der Waals surface area contributed by atoms with E-state index in [1.165, 1.54) is 17.4 Å². The largest absolute Gasteiger partial charge is 0.493 e. The van der Waals surface area contributed by atoms with Crippen LogP contribution >= 0.6 is 11.3 Å². The summed E-state index contributed by atoms with van der Waals surface area (Å²) in [6, 6.07) is 7.67. The second-order valence-corrected chi connectivity index (χ2v) is 7.70. The van der Waals surface area contributed by atoms with Gasteiger partial charge in [-0.05, 0) is 56.0 Å². The Morgan fingerprint density at radius 1 is 1.16 bits per heavy atom. The smallest absolute Gasteiger partial charge is 0.420 e. The Bertz CT molecular complexity index is 987. The normalized spacial score (nSPS) is 11.7. The van der Waals surface area contributed by atoms with Crippen molar-refractivity contribution in [2.24, 2.45) is 0 Å². The Morgan fingerprint density at radius 3 is 2.77 bits per heavy atom. The zero-order valence-electron chi connectivity index (χ0n) is 17.2. The first-order valence-corrected chi connectivity index (χ1v) is 11.0. The summed E-state index contributed by atoms with van der Waals surface area (Å²) in [6.45, 7) is 2.31. The molecule has 2 heterocycles. The predicted octanol–water partition coefficient (Wildman–Crippen LogP) is 7.48. The highest BCUT2D eigenvalue weighted by molar-refractivity contribution is 7.14. The summed E-state index contributed by atoms with van der Waals surface area (Å²) in [4.78, 5) is 8.48. The highest BCUT2D eigenvalue weighted by atomic mass is 32.1. The van der Waals surface area contributed by atoms with Crippen molar-refractivity contribution in [3.05, 3.63) is 65.8 Å². The van der Waals surface area contributed by atoms with Gasteiger partial charge in [-0.1, -0.05) is 19.1 Å². The maximum atomic E-state index is 13.6. The molecule has 0 aliphatic heterocycles. The van der Waals surface area contributed by atoms with E-state index in [2.05, 4.69) is 34.4 Å². The van der Waals surface area contributed by atoms with Crippen LogP contribution in [-0.2, 0) is 6.18 Å². The van der Waals surface area contributed by atoms with Crippen LogP contribution < -0.4 is 10.1 Å². The molecule has 0 radical (unpaired) electrons. The van der Waals surface area contributed by atoms with E-state index < -0.39 is 11.7 Å². The summed E-state index contributed by atoms with van der Waals surface area (Å²) in [5.74, 6) is -0.155. The zero-order chi connectivity index (χ0) is 22.1. The number of aromatic nitrogens is 2. The van der Waals surface area contributed by atoms with Gasteiger partial charge in [0.15, 0.2) is 5.13 Å². The van der Waals surface area contributed by atoms with Crippen LogP contribution in [-0.4, -0.2) is 16.6 Å². The molecule has 4 nitrogen and oxygen atoms in total. The Labute approximate surface area is 183 Å². The fourth-order valence-corrected chi connectivity index (χ4v) is 3.63. The van der Waals surface area contributed by atoms with Crippen LogP contribution in [0.4, 0.5) is 24.0 Å². The lowest BCUT2D eigenvalue weighted by Gasteiger charge is -2.15. The predicted molar refractivity (Wildman–Crippen MR) is 119 cm³/mol. The molecule has 0 atom stereocenters. The van der Waals surface area contributed by atoms with Crippen LogP contribution in [0.5, 0.6) is 5.75 Å². The van der Waals surface area contributed by atoms with Crippen molar-refractivity contribution in [3.8, 4) is 17.0 Å². The number of alkyl halides is 3. The number of nitrogens with zero attached hydrogens (tertiary/aromatic N) is 2. The third-order valence-corrected chi connectivity index (χ3v) is 5.18. The van der Waals surface area contributed by atoms with Gasteiger partial charge in [-0.25, -0.2) is 4.98 Å². The van der Waals surface area contributed by atoms with E-state index in [1.54, 1.807) is 24.5 Å². The van der Waals surface area contributed by atoms with Crippen molar-refractivity contribution in [2.45, 2.75) is 38.8 Å². The summed E-state index contributed by atoms with van der Waals surface area (Å²) < 4.78 is 46.2. The maximum absolute atomic E-state index is 13.6. The van der Waals surface area contributed by atoms with Gasteiger partial charge in [0.25, 0.3) is 0 Å². The molecular weight excluding hydrogens is 423 g/mol. The number of hydrogen-bond donors (Lipinski definition) is 1. The summed E-state index contributed by atoms with van der Waals surface area (Å²) >= 11 is 1.31. The molecule has 2 aromatic heterocycles. The SMILES string of the molecule is CCC=CCCCCOc1ccc(Nc2nc(-c3cccnc3)cs2)cc1C(F)(F)F. The number of anilines is 2. The number of ether oxygens (including phenoxy) is 1. The van der Waals surface area contributed by atoms with Crippen molar-refractivity contribution < 1.29 is 17.9 Å². The molecule has 8 heteroatoms. The third kappa shape index (κ3) is 6.82. The van der Waals surface area contributed by atoms with Crippen molar-refractivity contribution in [1.82, 2.24) is 9.97 Å². The lowest BCUT2D eigenvalue weighted by atomic mass is 10.1. The number of halogens is 3. The number of pyridine rings is 1. The van der Waals surface area contributed by atoms with Gasteiger partial charge in [-0.15, -0.1) is 11.3 Å². The van der Waals surface area contributed by atoms with Crippen molar-refractivity contribution >= 4 is 22.2 Å². The van der Waals surface area contributed by atoms with Gasteiger partial charge in [0.05, 0.1) is 17.9 Å². The summed E-state index contributed by atoms with van der Waals surface area (Å²) in [5.41, 5.74) is 1.06. The van der Waals surface area contributed by atoms with Crippen LogP contribution in [0.1, 0.15) is 38.2 Å². The molecule has 0 aliphatic rings. The van der Waals surface area contributed by atoms with E-state index in [0.717, 1.165) is 30.9 Å². The average Bonchev–Trinajstić information content (AvgIpc) is 3.22. The molecule has 0 fully saturated rings. The lowest BCUT2D eigenvalue weighted by molar-refractivity contribution is -0.138. The minimum atomic E-state index is -4.51. The van der Waals surface area contributed by atoms with E-state index in [9.17, 15) is 13.2 Å². The molecule has 0 saturated heterocycles. The van der Waals surface area contributed by atoms with Crippen LogP contribution in [0, 0.1) is 0 Å². The van der Waals surface area contributed by atoms with Crippen molar-refractivity contribution in [2.75, 3.05) is 11.9 Å². The highest BCUT2D eigenvalue weighted by Gasteiger charge is 2.34. The van der Waals surface area contributed by atoms with Gasteiger partial charge in [0.2, 0.25) is 0 Å². The molecule has 0 saturated carbocycles. The van der Waals surface area contributed by atoms with Crippen LogP contribution in [0.25, 0.3) is 11.3 Å². The second kappa shape index (κ2) is 10.9. The quantitative estimate of drug-likeness (QED) is 0.258. The summed E-state index contributed by atoms with van der Waals surface area (Å²) in [5, 5.41) is 5.28. The first kappa shape index (κ1) is 22.8. The molecule has 3 rings (SSSR count). The standard InChI is InChI=1S/C23H24F3N3OS/c1-2-3-4-5-6-7-13-30-21-11-10-18(14-19(21)23(24,25)26)28-22-29-20(16-31-22)17-9-8-12-27-15-17/h3-4,8-12,14-16H,2,5-7,13H2,1H3,(H,28,29). The third-order valence-electron chi connectivity index (χ3n) is 4.42.